The Morgan fingerprint density at radius 3 is 2.38 bits per heavy atom. The number of methoxy groups -OCH3 is 1. The molecule has 10 heteroatoms. The maximum atomic E-state index is 12.3. The largest absolute Gasteiger partial charge is 0.493 e. The Bertz CT molecular complexity index is 1140. The third-order valence-corrected chi connectivity index (χ3v) is 5.45. The minimum absolute atomic E-state index is 0.219. The van der Waals surface area contributed by atoms with Crippen LogP contribution in [0.2, 0.25) is 0 Å². The van der Waals surface area contributed by atoms with Gasteiger partial charge in [-0.25, -0.2) is 4.79 Å². The van der Waals surface area contributed by atoms with E-state index in [2.05, 4.69) is 5.32 Å². The standard InChI is InChI=1S/C22H20IN3O6/c1-11-4-5-14(6-12(11)2)24-18(27)10-32-19-16(23)8-13(9-17(19)31-3)7-15-20(28)25-22(30)26-21(15)29/h4-9H,10H2,1-3H3,(H,24,27)(H2,25,26,28,29,30). The summed E-state index contributed by atoms with van der Waals surface area (Å²) >= 11 is 2.00. The predicted molar refractivity (Wildman–Crippen MR) is 125 cm³/mol. The fourth-order valence-corrected chi connectivity index (χ4v) is 3.67. The van der Waals surface area contributed by atoms with Crippen molar-refractivity contribution in [2.45, 2.75) is 13.8 Å². The number of barbiturate groups is 1. The quantitative estimate of drug-likeness (QED) is 0.290. The van der Waals surface area contributed by atoms with E-state index in [1.807, 2.05) is 65.3 Å². The molecule has 32 heavy (non-hydrogen) atoms. The van der Waals surface area contributed by atoms with Crippen molar-refractivity contribution in [2.24, 2.45) is 0 Å². The summed E-state index contributed by atoms with van der Waals surface area (Å²) in [5.41, 5.74) is 3.13. The minimum atomic E-state index is -0.868. The molecule has 3 rings (SSSR count). The van der Waals surface area contributed by atoms with Crippen LogP contribution in [-0.4, -0.2) is 37.5 Å². The van der Waals surface area contributed by atoms with E-state index in [-0.39, 0.29) is 18.1 Å². The van der Waals surface area contributed by atoms with Gasteiger partial charge in [0.25, 0.3) is 17.7 Å². The van der Waals surface area contributed by atoms with Crippen LogP contribution in [-0.2, 0) is 14.4 Å². The molecule has 0 radical (unpaired) electrons. The number of urea groups is 1. The van der Waals surface area contributed by atoms with Gasteiger partial charge in [0.2, 0.25) is 0 Å². The van der Waals surface area contributed by atoms with Crippen molar-refractivity contribution >= 4 is 58.1 Å². The van der Waals surface area contributed by atoms with Gasteiger partial charge in [-0.2, -0.15) is 0 Å². The maximum absolute atomic E-state index is 12.3. The molecular formula is C22H20IN3O6. The van der Waals surface area contributed by atoms with Crippen LogP contribution in [0.3, 0.4) is 0 Å². The molecule has 0 unspecified atom stereocenters. The Labute approximate surface area is 197 Å². The summed E-state index contributed by atoms with van der Waals surface area (Å²) in [6, 6.07) is 7.97. The molecule has 0 spiro atoms. The van der Waals surface area contributed by atoms with Gasteiger partial charge in [-0.15, -0.1) is 0 Å². The van der Waals surface area contributed by atoms with Crippen molar-refractivity contribution in [1.82, 2.24) is 10.6 Å². The van der Waals surface area contributed by atoms with Gasteiger partial charge in [0.15, 0.2) is 18.1 Å². The zero-order valence-electron chi connectivity index (χ0n) is 17.5. The number of carbonyl (C=O) groups excluding carboxylic acids is 4. The van der Waals surface area contributed by atoms with E-state index in [0.717, 1.165) is 11.1 Å². The molecule has 1 saturated heterocycles. The van der Waals surface area contributed by atoms with Crippen LogP contribution in [0.1, 0.15) is 16.7 Å². The third-order valence-electron chi connectivity index (χ3n) is 4.64. The number of rotatable bonds is 6. The summed E-state index contributed by atoms with van der Waals surface area (Å²) in [5, 5.41) is 6.81. The van der Waals surface area contributed by atoms with Crippen LogP contribution < -0.4 is 25.4 Å². The first-order valence-electron chi connectivity index (χ1n) is 9.43. The van der Waals surface area contributed by atoms with Crippen LogP contribution in [0.25, 0.3) is 6.08 Å². The second-order valence-corrected chi connectivity index (χ2v) is 8.13. The molecule has 0 bridgehead atoms. The molecule has 1 aliphatic rings. The van der Waals surface area contributed by atoms with Crippen molar-refractivity contribution < 1.29 is 28.7 Å². The van der Waals surface area contributed by atoms with E-state index >= 15 is 0 Å². The third kappa shape index (κ3) is 5.44. The van der Waals surface area contributed by atoms with E-state index in [4.69, 9.17) is 9.47 Å². The van der Waals surface area contributed by atoms with Crippen molar-refractivity contribution in [1.29, 1.82) is 0 Å². The van der Waals surface area contributed by atoms with E-state index in [1.165, 1.54) is 13.2 Å². The molecule has 166 valence electrons. The van der Waals surface area contributed by atoms with Crippen LogP contribution >= 0.6 is 22.6 Å². The molecule has 3 N–H and O–H groups in total. The lowest BCUT2D eigenvalue weighted by atomic mass is 10.1. The van der Waals surface area contributed by atoms with Crippen molar-refractivity contribution in [2.75, 3.05) is 19.0 Å². The highest BCUT2D eigenvalue weighted by atomic mass is 127. The van der Waals surface area contributed by atoms with Crippen molar-refractivity contribution in [3.05, 3.63) is 56.2 Å². The van der Waals surface area contributed by atoms with E-state index in [0.29, 0.717) is 26.3 Å². The highest BCUT2D eigenvalue weighted by Crippen LogP contribution is 2.34. The monoisotopic (exact) mass is 549 g/mol. The number of hydrogen-bond donors (Lipinski definition) is 3. The van der Waals surface area contributed by atoms with Gasteiger partial charge >= 0.3 is 6.03 Å². The molecule has 2 aromatic carbocycles. The smallest absolute Gasteiger partial charge is 0.328 e. The zero-order valence-corrected chi connectivity index (χ0v) is 19.7. The summed E-state index contributed by atoms with van der Waals surface area (Å²) in [7, 11) is 1.43. The number of ether oxygens (including phenoxy) is 2. The molecule has 1 aliphatic heterocycles. The number of nitrogens with one attached hydrogen (secondary N) is 3. The summed E-state index contributed by atoms with van der Waals surface area (Å²) in [5.74, 6) is -1.27. The lowest BCUT2D eigenvalue weighted by Gasteiger charge is -2.16. The Balaban J connectivity index is 1.75. The van der Waals surface area contributed by atoms with Crippen LogP contribution in [0.15, 0.2) is 35.9 Å². The Morgan fingerprint density at radius 1 is 1.06 bits per heavy atom. The molecule has 9 nitrogen and oxygen atoms in total. The van der Waals surface area contributed by atoms with Gasteiger partial charge in [-0.05, 0) is 83.5 Å². The van der Waals surface area contributed by atoms with E-state index < -0.39 is 17.8 Å². The Morgan fingerprint density at radius 2 is 1.75 bits per heavy atom. The number of carbonyl (C=O) groups is 4. The molecule has 1 heterocycles. The minimum Gasteiger partial charge on any atom is -0.493 e. The normalized spacial score (nSPS) is 13.2. The summed E-state index contributed by atoms with van der Waals surface area (Å²) in [6.07, 6.45) is 1.33. The van der Waals surface area contributed by atoms with Gasteiger partial charge in [-0.3, -0.25) is 25.0 Å². The number of halogens is 1. The van der Waals surface area contributed by atoms with Crippen LogP contribution in [0, 0.1) is 17.4 Å². The number of imide groups is 2. The lowest BCUT2D eigenvalue weighted by Crippen LogP contribution is -2.51. The second kappa shape index (κ2) is 9.81. The van der Waals surface area contributed by atoms with Crippen LogP contribution in [0.4, 0.5) is 10.5 Å². The number of hydrogen-bond acceptors (Lipinski definition) is 6. The highest BCUT2D eigenvalue weighted by Gasteiger charge is 2.28. The molecule has 0 aromatic heterocycles. The molecule has 0 saturated carbocycles. The number of aryl methyl sites for hydroxylation is 2. The molecule has 0 atom stereocenters. The Kier molecular flexibility index (Phi) is 7.13. The van der Waals surface area contributed by atoms with Gasteiger partial charge in [0.05, 0.1) is 10.7 Å². The average Bonchev–Trinajstić information content (AvgIpc) is 2.72. The van der Waals surface area contributed by atoms with Crippen molar-refractivity contribution in [3.8, 4) is 11.5 Å². The average molecular weight is 549 g/mol. The number of amides is 5. The van der Waals surface area contributed by atoms with Gasteiger partial charge in [0, 0.05) is 5.69 Å². The molecule has 0 aliphatic carbocycles. The maximum Gasteiger partial charge on any atom is 0.328 e. The highest BCUT2D eigenvalue weighted by molar-refractivity contribution is 14.1. The summed E-state index contributed by atoms with van der Waals surface area (Å²) in [4.78, 5) is 47.4. The van der Waals surface area contributed by atoms with Gasteiger partial charge in [-0.1, -0.05) is 6.07 Å². The first-order chi connectivity index (χ1) is 15.2. The van der Waals surface area contributed by atoms with Crippen molar-refractivity contribution in [3.63, 3.8) is 0 Å². The molecule has 2 aromatic rings. The first kappa shape index (κ1) is 23.3. The Hall–Kier alpha value is -3.41. The van der Waals surface area contributed by atoms with E-state index in [1.54, 1.807) is 12.1 Å². The topological polar surface area (TPSA) is 123 Å². The molecular weight excluding hydrogens is 529 g/mol. The summed E-state index contributed by atoms with van der Waals surface area (Å²) < 4.78 is 11.6. The first-order valence-corrected chi connectivity index (χ1v) is 10.5. The fraction of sp³-hybridized carbons (Fsp3) is 0.182. The number of anilines is 1. The number of benzene rings is 2. The second-order valence-electron chi connectivity index (χ2n) is 6.97. The lowest BCUT2D eigenvalue weighted by molar-refractivity contribution is -0.124. The molecule has 1 fully saturated rings. The van der Waals surface area contributed by atoms with Crippen LogP contribution in [0.5, 0.6) is 11.5 Å². The SMILES string of the molecule is COc1cc(C=C2C(=O)NC(=O)NC2=O)cc(I)c1OCC(=O)Nc1ccc(C)c(C)c1. The zero-order chi connectivity index (χ0) is 23.4. The predicted octanol–water partition coefficient (Wildman–Crippen LogP) is 2.68. The van der Waals surface area contributed by atoms with Gasteiger partial charge in [0.1, 0.15) is 5.57 Å². The van der Waals surface area contributed by atoms with E-state index in [9.17, 15) is 19.2 Å². The summed E-state index contributed by atoms with van der Waals surface area (Å²) in [6.45, 7) is 3.71. The fourth-order valence-electron chi connectivity index (χ4n) is 2.89. The molecule has 5 amide bonds. The van der Waals surface area contributed by atoms with Gasteiger partial charge < -0.3 is 14.8 Å².